The van der Waals surface area contributed by atoms with Crippen molar-refractivity contribution >= 4 is 11.6 Å². The molecule has 0 nitrogen and oxygen atoms in total. The van der Waals surface area contributed by atoms with E-state index in [0.29, 0.717) is 0 Å². The maximum absolute atomic E-state index is 4.64. The summed E-state index contributed by atoms with van der Waals surface area (Å²) in [5.41, 5.74) is 0. The molecule has 0 fully saturated rings. The Balaban J connectivity index is 0. The van der Waals surface area contributed by atoms with Crippen molar-refractivity contribution in [3.05, 3.63) is 12.2 Å². The first-order valence-corrected chi connectivity index (χ1v) is 4.28. The predicted molar refractivity (Wildman–Crippen MR) is 46.1 cm³/mol. The highest BCUT2D eigenvalue weighted by molar-refractivity contribution is 6.15. The van der Waals surface area contributed by atoms with E-state index < -0.39 is 0 Å². The maximum Gasteiger partial charge on any atom is 0.0108 e. The lowest BCUT2D eigenvalue weighted by Gasteiger charge is -1.69. The van der Waals surface area contributed by atoms with Crippen LogP contribution in [0.3, 0.4) is 0 Å². The Labute approximate surface area is 63.9 Å². The van der Waals surface area contributed by atoms with Crippen LogP contribution in [-0.4, -0.2) is 6.38 Å². The van der Waals surface area contributed by atoms with Gasteiger partial charge in [0.05, 0.1) is 0 Å². The first-order chi connectivity index (χ1) is 4.50. The number of hydrogen-bond donors (Lipinski definition) is 0. The molecule has 1 aliphatic carbocycles. The van der Waals surface area contributed by atoms with E-state index in [1.54, 1.807) is 0 Å². The SMILES string of the molecule is C1=CCCC1.CC.CCl. The summed E-state index contributed by atoms with van der Waals surface area (Å²) in [5.74, 6) is 0. The average Bonchev–Trinajstić information content (AvgIpc) is 2.51. The molecule has 0 bridgehead atoms. The Hall–Kier alpha value is 0.0300. The third-order valence-electron chi connectivity index (χ3n) is 0.908. The van der Waals surface area contributed by atoms with Gasteiger partial charge in [-0.1, -0.05) is 26.0 Å². The van der Waals surface area contributed by atoms with Gasteiger partial charge in [0.2, 0.25) is 0 Å². The van der Waals surface area contributed by atoms with E-state index in [4.69, 9.17) is 0 Å². The summed E-state index contributed by atoms with van der Waals surface area (Å²) >= 11 is 4.64. The highest BCUT2D eigenvalue weighted by Crippen LogP contribution is 2.05. The van der Waals surface area contributed by atoms with Gasteiger partial charge in [-0.3, -0.25) is 0 Å². The second kappa shape index (κ2) is 15.7. The van der Waals surface area contributed by atoms with Crippen LogP contribution >= 0.6 is 11.6 Å². The zero-order valence-corrected chi connectivity index (χ0v) is 7.41. The normalized spacial score (nSPS) is 12.9. The molecule has 0 aromatic heterocycles. The minimum Gasteiger partial charge on any atom is -0.130 e. The number of halogens is 1. The average molecular weight is 149 g/mol. The smallest absolute Gasteiger partial charge is 0.0108 e. The van der Waals surface area contributed by atoms with Crippen molar-refractivity contribution in [3.8, 4) is 0 Å². The van der Waals surface area contributed by atoms with Gasteiger partial charge in [-0.2, -0.15) is 0 Å². The summed E-state index contributed by atoms with van der Waals surface area (Å²) in [6.45, 7) is 4.00. The monoisotopic (exact) mass is 148 g/mol. The third-order valence-corrected chi connectivity index (χ3v) is 0.908. The lowest BCUT2D eigenvalue weighted by molar-refractivity contribution is 0.929. The van der Waals surface area contributed by atoms with Crippen LogP contribution in [0.5, 0.6) is 0 Å². The van der Waals surface area contributed by atoms with Gasteiger partial charge in [0.1, 0.15) is 0 Å². The molecule has 0 aromatic carbocycles. The number of hydrogen-bond acceptors (Lipinski definition) is 0. The van der Waals surface area contributed by atoms with E-state index in [1.807, 2.05) is 13.8 Å². The van der Waals surface area contributed by atoms with Crippen molar-refractivity contribution in [2.24, 2.45) is 0 Å². The minimum atomic E-state index is 1.32. The fourth-order valence-electron chi connectivity index (χ4n) is 0.589. The quantitative estimate of drug-likeness (QED) is 0.364. The molecule has 0 spiro atoms. The summed E-state index contributed by atoms with van der Waals surface area (Å²) in [6, 6.07) is 0. The molecule has 0 amide bonds. The second-order valence-corrected chi connectivity index (χ2v) is 1.40. The van der Waals surface area contributed by atoms with Crippen molar-refractivity contribution in [1.82, 2.24) is 0 Å². The summed E-state index contributed by atoms with van der Waals surface area (Å²) in [7, 11) is 0. The topological polar surface area (TPSA) is 0 Å². The van der Waals surface area contributed by atoms with Gasteiger partial charge >= 0.3 is 0 Å². The molecule has 0 saturated heterocycles. The van der Waals surface area contributed by atoms with E-state index >= 15 is 0 Å². The summed E-state index contributed by atoms with van der Waals surface area (Å²) in [6.07, 6.45) is 9.97. The predicted octanol–water partition coefficient (Wildman–Crippen LogP) is 3.61. The maximum atomic E-state index is 4.64. The van der Waals surface area contributed by atoms with Crippen LogP contribution in [0, 0.1) is 0 Å². The molecule has 0 radical (unpaired) electrons. The van der Waals surface area contributed by atoms with Crippen LogP contribution < -0.4 is 0 Å². The molecular formula is C8H17Cl. The van der Waals surface area contributed by atoms with Gasteiger partial charge in [0.15, 0.2) is 0 Å². The lowest BCUT2D eigenvalue weighted by Crippen LogP contribution is -1.50. The molecule has 0 heterocycles. The molecule has 0 aliphatic heterocycles. The van der Waals surface area contributed by atoms with Gasteiger partial charge in [-0.05, 0) is 19.3 Å². The summed E-state index contributed by atoms with van der Waals surface area (Å²) in [5, 5.41) is 0. The molecule has 1 heteroatoms. The molecule has 0 saturated carbocycles. The molecule has 0 N–H and O–H groups in total. The zero-order chi connectivity index (χ0) is 7.54. The molecular weight excluding hydrogens is 132 g/mol. The Morgan fingerprint density at radius 1 is 1.00 bits per heavy atom. The second-order valence-electron chi connectivity index (χ2n) is 1.40. The van der Waals surface area contributed by atoms with E-state index in [9.17, 15) is 0 Å². The molecule has 0 unspecified atom stereocenters. The van der Waals surface area contributed by atoms with Gasteiger partial charge in [0.25, 0.3) is 0 Å². The lowest BCUT2D eigenvalue weighted by atomic mass is 10.4. The van der Waals surface area contributed by atoms with Crippen LogP contribution in [0.15, 0.2) is 12.2 Å². The fourth-order valence-corrected chi connectivity index (χ4v) is 0.589. The Morgan fingerprint density at radius 2 is 1.33 bits per heavy atom. The van der Waals surface area contributed by atoms with Crippen molar-refractivity contribution in [2.45, 2.75) is 33.1 Å². The van der Waals surface area contributed by atoms with Crippen LogP contribution in [0.25, 0.3) is 0 Å². The van der Waals surface area contributed by atoms with Crippen LogP contribution in [0.4, 0.5) is 0 Å². The zero-order valence-electron chi connectivity index (χ0n) is 6.65. The van der Waals surface area contributed by atoms with Crippen molar-refractivity contribution in [1.29, 1.82) is 0 Å². The van der Waals surface area contributed by atoms with Gasteiger partial charge in [-0.25, -0.2) is 0 Å². The third kappa shape index (κ3) is 11.5. The molecule has 1 rings (SSSR count). The van der Waals surface area contributed by atoms with Crippen LogP contribution in [0.1, 0.15) is 33.1 Å². The first kappa shape index (κ1) is 11.8. The van der Waals surface area contributed by atoms with Gasteiger partial charge < -0.3 is 0 Å². The highest BCUT2D eigenvalue weighted by atomic mass is 35.5. The van der Waals surface area contributed by atoms with Crippen LogP contribution in [-0.2, 0) is 0 Å². The highest BCUT2D eigenvalue weighted by Gasteiger charge is 1.84. The molecule has 1 aliphatic rings. The standard InChI is InChI=1S/C5H8.C2H6.CH3Cl/c1-2-4-5-3-1;2*1-2/h1-2H,3-5H2;1-2H3;1H3. The fraction of sp³-hybridized carbons (Fsp3) is 0.750. The van der Waals surface area contributed by atoms with Gasteiger partial charge in [0, 0.05) is 6.38 Å². The summed E-state index contributed by atoms with van der Waals surface area (Å²) < 4.78 is 0. The molecule has 0 atom stereocenters. The number of alkyl halides is 1. The van der Waals surface area contributed by atoms with E-state index in [0.717, 1.165) is 0 Å². The Kier molecular flexibility index (Phi) is 20.5. The van der Waals surface area contributed by atoms with Crippen molar-refractivity contribution in [2.75, 3.05) is 6.38 Å². The summed E-state index contributed by atoms with van der Waals surface area (Å²) in [4.78, 5) is 0. The molecule has 56 valence electrons. The van der Waals surface area contributed by atoms with Gasteiger partial charge in [-0.15, -0.1) is 11.6 Å². The number of rotatable bonds is 0. The van der Waals surface area contributed by atoms with E-state index in [1.165, 1.54) is 25.6 Å². The minimum absolute atomic E-state index is 1.32. The van der Waals surface area contributed by atoms with Crippen molar-refractivity contribution in [3.63, 3.8) is 0 Å². The van der Waals surface area contributed by atoms with Crippen molar-refractivity contribution < 1.29 is 0 Å². The van der Waals surface area contributed by atoms with Crippen LogP contribution in [0.2, 0.25) is 0 Å². The first-order valence-electron chi connectivity index (χ1n) is 3.53. The largest absolute Gasteiger partial charge is 0.130 e. The Morgan fingerprint density at radius 3 is 1.44 bits per heavy atom. The number of allylic oxidation sites excluding steroid dienone is 2. The molecule has 0 aromatic rings. The molecule has 9 heavy (non-hydrogen) atoms. The Bertz CT molecular complexity index is 42.5. The van der Waals surface area contributed by atoms with E-state index in [2.05, 4.69) is 23.8 Å². The van der Waals surface area contributed by atoms with E-state index in [-0.39, 0.29) is 0 Å².